The summed E-state index contributed by atoms with van der Waals surface area (Å²) in [4.78, 5) is 14.7. The van der Waals surface area contributed by atoms with Crippen LogP contribution in [0.25, 0.3) is 0 Å². The number of para-hydroxylation sites is 1. The number of carbonyl (C=O) groups excluding carboxylic acids is 1. The number of nitrogens with zero attached hydrogens (tertiary/aromatic N) is 3. The Hall–Kier alpha value is -2.58. The van der Waals surface area contributed by atoms with Crippen LogP contribution in [-0.2, 0) is 11.2 Å². The Kier molecular flexibility index (Phi) is 5.50. The number of thioether (sulfide) groups is 1. The van der Waals surface area contributed by atoms with Gasteiger partial charge in [-0.3, -0.25) is 4.79 Å². The van der Waals surface area contributed by atoms with Crippen molar-refractivity contribution in [3.05, 3.63) is 54.1 Å². The Labute approximate surface area is 171 Å². The Morgan fingerprint density at radius 3 is 2.82 bits per heavy atom. The third-order valence-electron chi connectivity index (χ3n) is 4.54. The van der Waals surface area contributed by atoms with E-state index < -0.39 is 0 Å². The van der Waals surface area contributed by atoms with Gasteiger partial charge in [-0.15, -0.1) is 10.2 Å². The largest absolute Gasteiger partial charge is 0.497 e. The van der Waals surface area contributed by atoms with Crippen LogP contribution in [0.3, 0.4) is 0 Å². The Morgan fingerprint density at radius 1 is 1.25 bits per heavy atom. The first kappa shape index (κ1) is 18.8. The number of carbonyl (C=O) groups is 1. The standard InChI is InChI=1S/C20H20N4O2S2/c1-13-11-14-5-3-4-6-17(14)24(13)18(25)12-27-20-23-22-19(28-20)21-15-7-9-16(26-2)10-8-15/h3-10,13H,11-12H2,1-2H3,(H,21,22). The number of anilines is 3. The van der Waals surface area contributed by atoms with Crippen LogP contribution in [0.15, 0.2) is 52.9 Å². The van der Waals surface area contributed by atoms with Crippen molar-refractivity contribution in [1.82, 2.24) is 10.2 Å². The maximum absolute atomic E-state index is 12.8. The fourth-order valence-corrected chi connectivity index (χ4v) is 4.89. The second-order valence-corrected chi connectivity index (χ2v) is 8.66. The molecule has 1 amide bonds. The van der Waals surface area contributed by atoms with E-state index in [-0.39, 0.29) is 11.9 Å². The number of benzene rings is 2. The quantitative estimate of drug-likeness (QED) is 0.607. The van der Waals surface area contributed by atoms with Gasteiger partial charge in [0.05, 0.1) is 12.9 Å². The molecule has 0 spiro atoms. The fourth-order valence-electron chi connectivity index (χ4n) is 3.26. The highest BCUT2D eigenvalue weighted by Gasteiger charge is 2.30. The van der Waals surface area contributed by atoms with E-state index in [1.807, 2.05) is 47.4 Å². The molecule has 1 aliphatic rings. The van der Waals surface area contributed by atoms with Crippen LogP contribution in [0.2, 0.25) is 0 Å². The minimum atomic E-state index is 0.0994. The van der Waals surface area contributed by atoms with E-state index in [1.54, 1.807) is 7.11 Å². The smallest absolute Gasteiger partial charge is 0.237 e. The summed E-state index contributed by atoms with van der Waals surface area (Å²) in [6.07, 6.45) is 0.904. The molecule has 0 saturated carbocycles. The molecule has 28 heavy (non-hydrogen) atoms. The number of fused-ring (bicyclic) bond motifs is 1. The third-order valence-corrected chi connectivity index (χ3v) is 6.50. The Bertz CT molecular complexity index is 974. The van der Waals surface area contributed by atoms with Gasteiger partial charge in [-0.2, -0.15) is 0 Å². The lowest BCUT2D eigenvalue weighted by molar-refractivity contribution is -0.116. The molecule has 1 aromatic heterocycles. The van der Waals surface area contributed by atoms with Crippen LogP contribution in [0.1, 0.15) is 12.5 Å². The maximum Gasteiger partial charge on any atom is 0.237 e. The molecule has 0 saturated heterocycles. The minimum absolute atomic E-state index is 0.0994. The van der Waals surface area contributed by atoms with Gasteiger partial charge < -0.3 is 15.0 Å². The maximum atomic E-state index is 12.8. The van der Waals surface area contributed by atoms with Crippen molar-refractivity contribution >= 4 is 45.5 Å². The van der Waals surface area contributed by atoms with E-state index >= 15 is 0 Å². The van der Waals surface area contributed by atoms with Crippen molar-refractivity contribution in [2.75, 3.05) is 23.1 Å². The van der Waals surface area contributed by atoms with Crippen molar-refractivity contribution in [3.8, 4) is 5.75 Å². The van der Waals surface area contributed by atoms with E-state index in [1.165, 1.54) is 28.7 Å². The zero-order chi connectivity index (χ0) is 19.5. The lowest BCUT2D eigenvalue weighted by Crippen LogP contribution is -2.36. The molecule has 0 radical (unpaired) electrons. The van der Waals surface area contributed by atoms with Gasteiger partial charge in [-0.1, -0.05) is 41.3 Å². The minimum Gasteiger partial charge on any atom is -0.497 e. The van der Waals surface area contributed by atoms with Crippen molar-refractivity contribution in [2.45, 2.75) is 23.7 Å². The summed E-state index contributed by atoms with van der Waals surface area (Å²) < 4.78 is 5.93. The van der Waals surface area contributed by atoms with Crippen LogP contribution in [0.5, 0.6) is 5.75 Å². The van der Waals surface area contributed by atoms with E-state index in [4.69, 9.17) is 4.74 Å². The van der Waals surface area contributed by atoms with Gasteiger partial charge >= 0.3 is 0 Å². The van der Waals surface area contributed by atoms with E-state index in [2.05, 4.69) is 28.5 Å². The summed E-state index contributed by atoms with van der Waals surface area (Å²) in [7, 11) is 1.64. The van der Waals surface area contributed by atoms with Crippen LogP contribution in [0, 0.1) is 0 Å². The number of aromatic nitrogens is 2. The zero-order valence-electron chi connectivity index (χ0n) is 15.6. The van der Waals surface area contributed by atoms with Gasteiger partial charge in [-0.25, -0.2) is 0 Å². The van der Waals surface area contributed by atoms with Crippen LogP contribution >= 0.6 is 23.1 Å². The van der Waals surface area contributed by atoms with Crippen molar-refractivity contribution in [1.29, 1.82) is 0 Å². The average molecular weight is 413 g/mol. The number of methoxy groups -OCH3 is 1. The molecule has 8 heteroatoms. The van der Waals surface area contributed by atoms with Crippen LogP contribution in [0.4, 0.5) is 16.5 Å². The van der Waals surface area contributed by atoms with Gasteiger partial charge in [0.25, 0.3) is 0 Å². The van der Waals surface area contributed by atoms with Crippen LogP contribution < -0.4 is 15.0 Å². The molecular formula is C20H20N4O2S2. The first-order valence-corrected chi connectivity index (χ1v) is 10.7. The molecule has 2 heterocycles. The normalized spacial score (nSPS) is 15.4. The van der Waals surface area contributed by atoms with Crippen LogP contribution in [-0.4, -0.2) is 35.0 Å². The summed E-state index contributed by atoms with van der Waals surface area (Å²) in [5.74, 6) is 1.24. The van der Waals surface area contributed by atoms with Crippen molar-refractivity contribution in [3.63, 3.8) is 0 Å². The predicted molar refractivity (Wildman–Crippen MR) is 114 cm³/mol. The fraction of sp³-hybridized carbons (Fsp3) is 0.250. The lowest BCUT2D eigenvalue weighted by atomic mass is 10.1. The second-order valence-electron chi connectivity index (χ2n) is 6.46. The molecule has 144 valence electrons. The average Bonchev–Trinajstić information content (AvgIpc) is 3.29. The molecule has 1 unspecified atom stereocenters. The first-order valence-electron chi connectivity index (χ1n) is 8.91. The lowest BCUT2D eigenvalue weighted by Gasteiger charge is -2.22. The van der Waals surface area contributed by atoms with E-state index in [0.29, 0.717) is 10.9 Å². The van der Waals surface area contributed by atoms with Gasteiger partial charge in [0.1, 0.15) is 5.75 Å². The summed E-state index contributed by atoms with van der Waals surface area (Å²) in [6.45, 7) is 2.09. The van der Waals surface area contributed by atoms with Gasteiger partial charge in [0, 0.05) is 17.4 Å². The summed E-state index contributed by atoms with van der Waals surface area (Å²) in [6, 6.07) is 15.9. The molecule has 1 N–H and O–H groups in total. The Balaban J connectivity index is 1.36. The van der Waals surface area contributed by atoms with Gasteiger partial charge in [-0.05, 0) is 49.2 Å². The summed E-state index contributed by atoms with van der Waals surface area (Å²) in [5, 5.41) is 12.3. The third kappa shape index (κ3) is 3.98. The van der Waals surface area contributed by atoms with E-state index in [0.717, 1.165) is 27.9 Å². The number of rotatable bonds is 6. The second kappa shape index (κ2) is 8.20. The number of hydrogen-bond donors (Lipinski definition) is 1. The molecule has 0 fully saturated rings. The Morgan fingerprint density at radius 2 is 2.04 bits per heavy atom. The first-order chi connectivity index (χ1) is 13.6. The predicted octanol–water partition coefficient (Wildman–Crippen LogP) is 4.36. The molecule has 0 bridgehead atoms. The highest BCUT2D eigenvalue weighted by atomic mass is 32.2. The monoisotopic (exact) mass is 412 g/mol. The van der Waals surface area contributed by atoms with Crippen molar-refractivity contribution in [2.24, 2.45) is 0 Å². The highest BCUT2D eigenvalue weighted by Crippen LogP contribution is 2.34. The molecule has 1 aliphatic heterocycles. The topological polar surface area (TPSA) is 67.3 Å². The highest BCUT2D eigenvalue weighted by molar-refractivity contribution is 8.01. The van der Waals surface area contributed by atoms with Gasteiger partial charge in [0.2, 0.25) is 11.0 Å². The molecule has 4 rings (SSSR count). The molecule has 3 aromatic rings. The number of amides is 1. The number of hydrogen-bond acceptors (Lipinski definition) is 7. The van der Waals surface area contributed by atoms with Crippen molar-refractivity contribution < 1.29 is 9.53 Å². The molecule has 6 nitrogen and oxygen atoms in total. The zero-order valence-corrected chi connectivity index (χ0v) is 17.2. The van der Waals surface area contributed by atoms with E-state index in [9.17, 15) is 4.79 Å². The molecular weight excluding hydrogens is 392 g/mol. The SMILES string of the molecule is COc1ccc(Nc2nnc(SCC(=O)N3c4ccccc4CC3C)s2)cc1. The summed E-state index contributed by atoms with van der Waals surface area (Å²) in [5.41, 5.74) is 3.17. The number of ether oxygens (including phenoxy) is 1. The van der Waals surface area contributed by atoms with Gasteiger partial charge in [0.15, 0.2) is 4.34 Å². The number of nitrogens with one attached hydrogen (secondary N) is 1. The summed E-state index contributed by atoms with van der Waals surface area (Å²) >= 11 is 2.86. The molecule has 1 atom stereocenters. The molecule has 0 aliphatic carbocycles. The molecule has 2 aromatic carbocycles.